The van der Waals surface area contributed by atoms with Crippen LogP contribution in [0.15, 0.2) is 40.6 Å². The van der Waals surface area contributed by atoms with E-state index in [9.17, 15) is 9.90 Å². The maximum Gasteiger partial charge on any atom is 0.168 e. The quantitative estimate of drug-likeness (QED) is 0.849. The summed E-state index contributed by atoms with van der Waals surface area (Å²) in [4.78, 5) is 17.0. The minimum absolute atomic E-state index is 0.0139. The van der Waals surface area contributed by atoms with E-state index in [0.717, 1.165) is 18.4 Å². The van der Waals surface area contributed by atoms with E-state index in [-0.39, 0.29) is 17.1 Å². The molecule has 1 aromatic rings. The maximum atomic E-state index is 12.2. The van der Waals surface area contributed by atoms with E-state index < -0.39 is 0 Å². The van der Waals surface area contributed by atoms with Crippen LogP contribution >= 0.6 is 0 Å². The Labute approximate surface area is 119 Å². The van der Waals surface area contributed by atoms with Gasteiger partial charge in [0.25, 0.3) is 0 Å². The van der Waals surface area contributed by atoms with E-state index in [2.05, 4.69) is 19.9 Å². The Balaban J connectivity index is 2.20. The summed E-state index contributed by atoms with van der Waals surface area (Å²) in [7, 11) is 0. The number of fused-ring (bicyclic) bond motifs is 1. The minimum atomic E-state index is -0.241. The first-order chi connectivity index (χ1) is 9.48. The Morgan fingerprint density at radius 1 is 1.20 bits per heavy atom. The van der Waals surface area contributed by atoms with Crippen LogP contribution in [0.5, 0.6) is 0 Å². The molecule has 0 aromatic heterocycles. The molecule has 0 bridgehead atoms. The number of Topliss-reactive ketones (excluding diaryl/α,β-unsaturated/α-hetero) is 1. The molecule has 104 valence electrons. The van der Waals surface area contributed by atoms with Gasteiger partial charge in [0.15, 0.2) is 5.78 Å². The predicted octanol–water partition coefficient (Wildman–Crippen LogP) is 3.38. The number of hydrogen-bond donors (Lipinski definition) is 1. The van der Waals surface area contributed by atoms with E-state index >= 15 is 0 Å². The van der Waals surface area contributed by atoms with E-state index in [4.69, 9.17) is 4.99 Å². The summed E-state index contributed by atoms with van der Waals surface area (Å²) in [5, 5.41) is 10.2. The Morgan fingerprint density at radius 3 is 2.70 bits per heavy atom. The van der Waals surface area contributed by atoms with Gasteiger partial charge < -0.3 is 5.11 Å². The van der Waals surface area contributed by atoms with Gasteiger partial charge >= 0.3 is 0 Å². The van der Waals surface area contributed by atoms with Crippen LogP contribution < -0.4 is 0 Å². The Morgan fingerprint density at radius 2 is 1.95 bits per heavy atom. The fourth-order valence-corrected chi connectivity index (χ4v) is 3.06. The molecule has 0 saturated carbocycles. The first kappa shape index (κ1) is 13.1. The molecule has 0 amide bonds. The summed E-state index contributed by atoms with van der Waals surface area (Å²) in [5.41, 5.74) is 3.06. The van der Waals surface area contributed by atoms with Gasteiger partial charge in [-0.2, -0.15) is 0 Å². The van der Waals surface area contributed by atoms with Crippen LogP contribution in [0.3, 0.4) is 0 Å². The smallest absolute Gasteiger partial charge is 0.168 e. The Kier molecular flexibility index (Phi) is 3.00. The molecule has 3 nitrogen and oxygen atoms in total. The lowest BCUT2D eigenvalue weighted by atomic mass is 9.82. The average molecular weight is 269 g/mol. The highest BCUT2D eigenvalue weighted by atomic mass is 16.3. The number of hydrogen-bond acceptors (Lipinski definition) is 3. The molecule has 1 aromatic carbocycles. The van der Waals surface area contributed by atoms with Crippen LogP contribution in [0.4, 0.5) is 0 Å². The van der Waals surface area contributed by atoms with Crippen molar-refractivity contribution in [3.63, 3.8) is 0 Å². The fourth-order valence-electron chi connectivity index (χ4n) is 3.06. The maximum absolute atomic E-state index is 12.2. The summed E-state index contributed by atoms with van der Waals surface area (Å²) in [5.74, 6) is 0.215. The molecule has 1 N–H and O–H groups in total. The molecular formula is C17H19NO2. The molecule has 0 unspecified atom stereocenters. The molecule has 3 rings (SSSR count). The van der Waals surface area contributed by atoms with Crippen molar-refractivity contribution in [2.24, 2.45) is 4.99 Å². The topological polar surface area (TPSA) is 49.7 Å². The van der Waals surface area contributed by atoms with Gasteiger partial charge in [-0.1, -0.05) is 24.3 Å². The normalized spacial score (nSPS) is 21.5. The van der Waals surface area contributed by atoms with Gasteiger partial charge in [0.2, 0.25) is 0 Å². The molecule has 0 spiro atoms. The van der Waals surface area contributed by atoms with Gasteiger partial charge in [-0.05, 0) is 32.3 Å². The van der Waals surface area contributed by atoms with Crippen LogP contribution in [0, 0.1) is 0 Å². The SMILES string of the molecule is CC1(C)Cc2ccccc2C(C2=C(O)CCCC2=O)=N1. The van der Waals surface area contributed by atoms with Crippen molar-refractivity contribution in [1.29, 1.82) is 0 Å². The number of ketones is 1. The van der Waals surface area contributed by atoms with Crippen molar-refractivity contribution >= 4 is 11.5 Å². The molecular weight excluding hydrogens is 250 g/mol. The second kappa shape index (κ2) is 4.58. The molecule has 0 radical (unpaired) electrons. The monoisotopic (exact) mass is 269 g/mol. The summed E-state index contributed by atoms with van der Waals surface area (Å²) < 4.78 is 0. The third-order valence-corrected chi connectivity index (χ3v) is 3.93. The molecule has 1 aliphatic carbocycles. The highest BCUT2D eigenvalue weighted by Crippen LogP contribution is 2.32. The van der Waals surface area contributed by atoms with Crippen molar-refractivity contribution in [1.82, 2.24) is 0 Å². The van der Waals surface area contributed by atoms with Crippen molar-refractivity contribution in [2.45, 2.75) is 45.1 Å². The summed E-state index contributed by atoms with van der Waals surface area (Å²) in [6, 6.07) is 8.04. The number of carbonyl (C=O) groups is 1. The largest absolute Gasteiger partial charge is 0.511 e. The van der Waals surface area contributed by atoms with Gasteiger partial charge in [-0.15, -0.1) is 0 Å². The highest BCUT2D eigenvalue weighted by molar-refractivity contribution is 6.30. The molecule has 20 heavy (non-hydrogen) atoms. The number of allylic oxidation sites excluding steroid dienone is 2. The van der Waals surface area contributed by atoms with Gasteiger partial charge in [-0.25, -0.2) is 0 Å². The number of benzene rings is 1. The van der Waals surface area contributed by atoms with Crippen LogP contribution in [-0.4, -0.2) is 22.1 Å². The first-order valence-corrected chi connectivity index (χ1v) is 7.12. The third kappa shape index (κ3) is 2.17. The molecule has 1 heterocycles. The molecule has 0 fully saturated rings. The number of nitrogens with zero attached hydrogens (tertiary/aromatic N) is 1. The summed E-state index contributed by atoms with van der Waals surface area (Å²) >= 11 is 0. The second-order valence-corrected chi connectivity index (χ2v) is 6.21. The van der Waals surface area contributed by atoms with Crippen molar-refractivity contribution in [3.05, 3.63) is 46.7 Å². The summed E-state index contributed by atoms with van der Waals surface area (Å²) in [6.45, 7) is 4.13. The fraction of sp³-hybridized carbons (Fsp3) is 0.412. The second-order valence-electron chi connectivity index (χ2n) is 6.21. The van der Waals surface area contributed by atoms with Crippen molar-refractivity contribution in [3.8, 4) is 0 Å². The van der Waals surface area contributed by atoms with Crippen LogP contribution in [0.25, 0.3) is 0 Å². The van der Waals surface area contributed by atoms with Crippen LogP contribution in [-0.2, 0) is 11.2 Å². The zero-order valence-electron chi connectivity index (χ0n) is 11.9. The van der Waals surface area contributed by atoms with Crippen molar-refractivity contribution in [2.75, 3.05) is 0 Å². The number of aliphatic hydroxyl groups is 1. The van der Waals surface area contributed by atoms with E-state index in [1.54, 1.807) is 0 Å². The number of rotatable bonds is 1. The Hall–Kier alpha value is -1.90. The zero-order chi connectivity index (χ0) is 14.3. The molecule has 0 saturated heterocycles. The molecule has 1 aliphatic heterocycles. The number of carbonyl (C=O) groups excluding carboxylic acids is 1. The molecule has 0 atom stereocenters. The predicted molar refractivity (Wildman–Crippen MR) is 79.3 cm³/mol. The molecule has 3 heteroatoms. The van der Waals surface area contributed by atoms with Gasteiger partial charge in [0.05, 0.1) is 16.8 Å². The molecule has 2 aliphatic rings. The lowest BCUT2D eigenvalue weighted by Crippen LogP contribution is -2.32. The lowest BCUT2D eigenvalue weighted by Gasteiger charge is -2.30. The Bertz CT molecular complexity index is 638. The number of aliphatic imine (C=N–C) groups is 1. The van der Waals surface area contributed by atoms with Gasteiger partial charge in [0, 0.05) is 18.4 Å². The van der Waals surface area contributed by atoms with E-state index in [0.29, 0.717) is 24.1 Å². The average Bonchev–Trinajstić information content (AvgIpc) is 2.37. The van der Waals surface area contributed by atoms with Gasteiger partial charge in [0.1, 0.15) is 5.76 Å². The minimum Gasteiger partial charge on any atom is -0.511 e. The van der Waals surface area contributed by atoms with Crippen LogP contribution in [0.2, 0.25) is 0 Å². The highest BCUT2D eigenvalue weighted by Gasteiger charge is 2.32. The third-order valence-electron chi connectivity index (χ3n) is 3.93. The number of aliphatic hydroxyl groups excluding tert-OH is 1. The standard InChI is InChI=1S/C17H19NO2/c1-17(2)10-11-6-3-4-7-12(11)16(18-17)15-13(19)8-5-9-14(15)20/h3-4,6-7,19H,5,8-10H2,1-2H3. The van der Waals surface area contributed by atoms with Crippen molar-refractivity contribution < 1.29 is 9.90 Å². The summed E-state index contributed by atoms with van der Waals surface area (Å²) in [6.07, 6.45) is 2.66. The van der Waals surface area contributed by atoms with E-state index in [1.807, 2.05) is 18.2 Å². The lowest BCUT2D eigenvalue weighted by molar-refractivity contribution is -0.115. The zero-order valence-corrected chi connectivity index (χ0v) is 11.9. The van der Waals surface area contributed by atoms with Gasteiger partial charge in [-0.3, -0.25) is 9.79 Å². The van der Waals surface area contributed by atoms with Crippen LogP contribution in [0.1, 0.15) is 44.2 Å². The first-order valence-electron chi connectivity index (χ1n) is 7.12. The van der Waals surface area contributed by atoms with E-state index in [1.165, 1.54) is 5.56 Å².